The van der Waals surface area contributed by atoms with E-state index in [4.69, 9.17) is 21.4 Å². The first-order valence-electron chi connectivity index (χ1n) is 5.06. The van der Waals surface area contributed by atoms with Gasteiger partial charge in [-0.1, -0.05) is 11.6 Å². The smallest absolute Gasteiger partial charge is 0.170 e. The largest absolute Gasteiger partial charge is 0.492 e. The number of hydrogen-bond acceptors (Lipinski definition) is 4. The summed E-state index contributed by atoms with van der Waals surface area (Å²) < 4.78 is 5.39. The van der Waals surface area contributed by atoms with Gasteiger partial charge in [-0.05, 0) is 6.07 Å². The van der Waals surface area contributed by atoms with Crippen LogP contribution in [0.4, 0.5) is 5.69 Å². The minimum Gasteiger partial charge on any atom is -0.492 e. The number of anilines is 1. The summed E-state index contributed by atoms with van der Waals surface area (Å²) in [4.78, 5) is 11.6. The Labute approximate surface area is 98.2 Å². The molecule has 16 heavy (non-hydrogen) atoms. The summed E-state index contributed by atoms with van der Waals surface area (Å²) >= 11 is 6.01. The Hall–Kier alpha value is -1.26. The van der Waals surface area contributed by atoms with Crippen molar-refractivity contribution in [2.45, 2.75) is 6.42 Å². The second-order valence-electron chi connectivity index (χ2n) is 3.50. The van der Waals surface area contributed by atoms with Gasteiger partial charge in [0.25, 0.3) is 0 Å². The summed E-state index contributed by atoms with van der Waals surface area (Å²) in [6.45, 7) is 0.840. The highest BCUT2D eigenvalue weighted by Crippen LogP contribution is 2.33. The third-order valence-corrected chi connectivity index (χ3v) is 2.70. The number of aliphatic hydroxyl groups excluding tert-OH is 1. The summed E-state index contributed by atoms with van der Waals surface area (Å²) in [5.41, 5.74) is 1.20. The molecule has 1 aromatic rings. The van der Waals surface area contributed by atoms with Crippen LogP contribution in [0.15, 0.2) is 12.1 Å². The van der Waals surface area contributed by atoms with Gasteiger partial charge in [-0.3, -0.25) is 4.79 Å². The van der Waals surface area contributed by atoms with E-state index in [9.17, 15) is 4.79 Å². The predicted molar refractivity (Wildman–Crippen MR) is 61.5 cm³/mol. The first kappa shape index (κ1) is 11.2. The fourth-order valence-electron chi connectivity index (χ4n) is 1.61. The highest BCUT2D eigenvalue weighted by Gasteiger charge is 2.20. The Kier molecular flexibility index (Phi) is 3.31. The van der Waals surface area contributed by atoms with Crippen LogP contribution in [0.5, 0.6) is 5.75 Å². The molecule has 2 rings (SSSR count). The molecule has 1 heterocycles. The lowest BCUT2D eigenvalue weighted by Gasteiger charge is -2.18. The molecule has 0 aromatic heterocycles. The summed E-state index contributed by atoms with van der Waals surface area (Å²) in [6.07, 6.45) is 0.396. The quantitative estimate of drug-likeness (QED) is 0.846. The Morgan fingerprint density at radius 2 is 2.31 bits per heavy atom. The van der Waals surface area contributed by atoms with Gasteiger partial charge in [0.2, 0.25) is 0 Å². The summed E-state index contributed by atoms with van der Waals surface area (Å²) in [5.74, 6) is 0.609. The molecule has 0 atom stereocenters. The van der Waals surface area contributed by atoms with Crippen molar-refractivity contribution in [3.05, 3.63) is 22.7 Å². The molecular weight excluding hydrogens is 230 g/mol. The van der Waals surface area contributed by atoms with E-state index in [0.717, 1.165) is 0 Å². The van der Waals surface area contributed by atoms with Gasteiger partial charge in [-0.2, -0.15) is 0 Å². The lowest BCUT2D eigenvalue weighted by Crippen LogP contribution is -2.16. The summed E-state index contributed by atoms with van der Waals surface area (Å²) in [5, 5.41) is 12.1. The van der Waals surface area contributed by atoms with Crippen molar-refractivity contribution in [3.8, 4) is 5.75 Å². The highest BCUT2D eigenvalue weighted by atomic mass is 35.5. The molecule has 0 aliphatic carbocycles. The predicted octanol–water partition coefficient (Wildman–Crippen LogP) is 1.71. The van der Waals surface area contributed by atoms with Gasteiger partial charge in [0.1, 0.15) is 5.75 Å². The Morgan fingerprint density at radius 1 is 1.50 bits per heavy atom. The van der Waals surface area contributed by atoms with Crippen LogP contribution >= 0.6 is 11.6 Å². The number of nitrogens with one attached hydrogen (secondary N) is 1. The number of carbonyl (C=O) groups is 1. The number of hydrogen-bond donors (Lipinski definition) is 2. The molecule has 4 nitrogen and oxygen atoms in total. The SMILES string of the molecule is O=C1CCOc2cc(NCCO)c(Cl)cc21. The first-order chi connectivity index (χ1) is 7.72. The molecule has 2 N–H and O–H groups in total. The van der Waals surface area contributed by atoms with Gasteiger partial charge in [-0.25, -0.2) is 0 Å². The monoisotopic (exact) mass is 241 g/mol. The molecular formula is C11H12ClNO3. The molecule has 1 aliphatic rings. The van der Waals surface area contributed by atoms with E-state index in [1.807, 2.05) is 0 Å². The molecule has 0 fully saturated rings. The fourth-order valence-corrected chi connectivity index (χ4v) is 1.84. The maximum Gasteiger partial charge on any atom is 0.170 e. The normalized spacial score (nSPS) is 14.2. The van der Waals surface area contributed by atoms with Crippen molar-refractivity contribution in [1.82, 2.24) is 0 Å². The summed E-state index contributed by atoms with van der Waals surface area (Å²) in [6, 6.07) is 3.31. The molecule has 0 saturated carbocycles. The second-order valence-corrected chi connectivity index (χ2v) is 3.91. The topological polar surface area (TPSA) is 58.6 Å². The van der Waals surface area contributed by atoms with Crippen molar-refractivity contribution < 1.29 is 14.6 Å². The molecule has 0 unspecified atom stereocenters. The van der Waals surface area contributed by atoms with Gasteiger partial charge in [0, 0.05) is 19.0 Å². The maximum atomic E-state index is 11.6. The van der Waals surface area contributed by atoms with Crippen molar-refractivity contribution in [1.29, 1.82) is 0 Å². The lowest BCUT2D eigenvalue weighted by atomic mass is 10.0. The highest BCUT2D eigenvalue weighted by molar-refractivity contribution is 6.33. The van der Waals surface area contributed by atoms with E-state index in [1.54, 1.807) is 12.1 Å². The van der Waals surface area contributed by atoms with E-state index < -0.39 is 0 Å². The Morgan fingerprint density at radius 3 is 3.06 bits per heavy atom. The van der Waals surface area contributed by atoms with Crippen molar-refractivity contribution >= 4 is 23.1 Å². The van der Waals surface area contributed by atoms with Crippen LogP contribution in [-0.4, -0.2) is 30.6 Å². The van der Waals surface area contributed by atoms with Crippen LogP contribution in [0.25, 0.3) is 0 Å². The number of halogens is 1. The van der Waals surface area contributed by atoms with E-state index in [-0.39, 0.29) is 12.4 Å². The van der Waals surface area contributed by atoms with Crippen LogP contribution in [0.1, 0.15) is 16.8 Å². The van der Waals surface area contributed by atoms with Gasteiger partial charge in [0.05, 0.1) is 29.5 Å². The average Bonchev–Trinajstić information content (AvgIpc) is 2.28. The standard InChI is InChI=1S/C11H12ClNO3/c12-8-5-7-10(15)1-4-16-11(7)6-9(8)13-2-3-14/h5-6,13-14H,1-4H2. The van der Waals surface area contributed by atoms with Crippen molar-refractivity contribution in [2.75, 3.05) is 25.1 Å². The molecule has 0 bridgehead atoms. The second kappa shape index (κ2) is 4.72. The number of aliphatic hydroxyl groups is 1. The fraction of sp³-hybridized carbons (Fsp3) is 0.364. The van der Waals surface area contributed by atoms with Crippen molar-refractivity contribution in [3.63, 3.8) is 0 Å². The minimum atomic E-state index is 0.0210. The molecule has 0 radical (unpaired) electrons. The van der Waals surface area contributed by atoms with Crippen LogP contribution in [-0.2, 0) is 0 Å². The van der Waals surface area contributed by atoms with E-state index >= 15 is 0 Å². The molecule has 0 amide bonds. The zero-order valence-corrected chi connectivity index (χ0v) is 9.38. The van der Waals surface area contributed by atoms with Crippen LogP contribution in [0, 0.1) is 0 Å². The first-order valence-corrected chi connectivity index (χ1v) is 5.44. The summed E-state index contributed by atoms with van der Waals surface area (Å²) in [7, 11) is 0. The molecule has 1 aromatic carbocycles. The van der Waals surface area contributed by atoms with E-state index in [1.165, 1.54) is 0 Å². The number of fused-ring (bicyclic) bond motifs is 1. The van der Waals surface area contributed by atoms with Gasteiger partial charge in [-0.15, -0.1) is 0 Å². The minimum absolute atomic E-state index is 0.0210. The average molecular weight is 242 g/mol. The van der Waals surface area contributed by atoms with Crippen LogP contribution in [0.3, 0.4) is 0 Å². The molecule has 0 spiro atoms. The van der Waals surface area contributed by atoms with Gasteiger partial charge < -0.3 is 15.2 Å². The van der Waals surface area contributed by atoms with Crippen LogP contribution in [0.2, 0.25) is 5.02 Å². The number of benzene rings is 1. The van der Waals surface area contributed by atoms with Crippen molar-refractivity contribution in [2.24, 2.45) is 0 Å². The number of ether oxygens (including phenoxy) is 1. The van der Waals surface area contributed by atoms with Gasteiger partial charge >= 0.3 is 0 Å². The number of Topliss-reactive ketones (excluding diaryl/α,β-unsaturated/α-hetero) is 1. The zero-order chi connectivity index (χ0) is 11.5. The third-order valence-electron chi connectivity index (χ3n) is 2.38. The molecule has 5 heteroatoms. The van der Waals surface area contributed by atoms with E-state index in [2.05, 4.69) is 5.32 Å². The maximum absolute atomic E-state index is 11.6. The third kappa shape index (κ3) is 2.13. The molecule has 0 saturated heterocycles. The molecule has 86 valence electrons. The Balaban J connectivity index is 2.33. The van der Waals surface area contributed by atoms with E-state index in [0.29, 0.717) is 41.6 Å². The Bertz CT molecular complexity index is 420. The number of rotatable bonds is 3. The molecule has 1 aliphatic heterocycles. The number of carbonyl (C=O) groups excluding carboxylic acids is 1. The van der Waals surface area contributed by atoms with Crippen LogP contribution < -0.4 is 10.1 Å². The zero-order valence-electron chi connectivity index (χ0n) is 8.62. The van der Waals surface area contributed by atoms with Gasteiger partial charge in [0.15, 0.2) is 5.78 Å². The lowest BCUT2D eigenvalue weighted by molar-refractivity contribution is 0.0933. The number of ketones is 1.